The molecule has 2 aliphatic rings. The first kappa shape index (κ1) is 14.9. The van der Waals surface area contributed by atoms with Crippen molar-refractivity contribution in [2.45, 2.75) is 17.6 Å². The predicted molar refractivity (Wildman–Crippen MR) is 81.6 cm³/mol. The zero-order valence-corrected chi connectivity index (χ0v) is 12.9. The highest BCUT2D eigenvalue weighted by molar-refractivity contribution is 8.02. The maximum atomic E-state index is 12.3. The fourth-order valence-corrected chi connectivity index (χ4v) is 3.81. The van der Waals surface area contributed by atoms with Crippen LogP contribution in [0.1, 0.15) is 12.8 Å². The van der Waals surface area contributed by atoms with Crippen LogP contribution in [-0.4, -0.2) is 71.2 Å². The third-order valence-electron chi connectivity index (χ3n) is 3.96. The van der Waals surface area contributed by atoms with Gasteiger partial charge < -0.3 is 20.3 Å². The molecule has 0 radical (unpaired) electrons. The fraction of sp³-hybridized carbons (Fsp3) is 0.833. The number of nitrogens with two attached hydrogens (primary N) is 1. The van der Waals surface area contributed by atoms with Crippen molar-refractivity contribution in [2.24, 2.45) is 5.73 Å². The number of nitrogens with zero attached hydrogens (tertiary/aromatic N) is 2. The van der Waals surface area contributed by atoms with Crippen LogP contribution in [-0.2, 0) is 4.74 Å². The molecule has 7 heteroatoms. The normalized spacial score (nSPS) is 23.2. The quantitative estimate of drug-likeness (QED) is 0.769. The lowest BCUT2D eigenvalue weighted by Crippen LogP contribution is -2.55. The lowest BCUT2D eigenvalue weighted by molar-refractivity contribution is 0.0414. The zero-order chi connectivity index (χ0) is 13.9. The van der Waals surface area contributed by atoms with Crippen LogP contribution in [0.25, 0.3) is 0 Å². The van der Waals surface area contributed by atoms with Gasteiger partial charge >= 0.3 is 6.03 Å². The Bertz CT molecular complexity index is 351. The number of thioether (sulfide) groups is 1. The van der Waals surface area contributed by atoms with E-state index in [1.807, 2.05) is 16.1 Å². The van der Waals surface area contributed by atoms with Gasteiger partial charge in [0.2, 0.25) is 0 Å². The topological polar surface area (TPSA) is 58.8 Å². The van der Waals surface area contributed by atoms with Gasteiger partial charge in [-0.15, -0.1) is 0 Å². The van der Waals surface area contributed by atoms with E-state index in [9.17, 15) is 4.79 Å². The summed E-state index contributed by atoms with van der Waals surface area (Å²) in [5, 5.41) is 0. The molecule has 19 heavy (non-hydrogen) atoms. The number of urea groups is 1. The first-order valence-corrected chi connectivity index (χ1v) is 8.19. The van der Waals surface area contributed by atoms with Crippen molar-refractivity contribution in [3.05, 3.63) is 0 Å². The van der Waals surface area contributed by atoms with Crippen molar-refractivity contribution in [3.8, 4) is 0 Å². The molecule has 2 saturated heterocycles. The first-order chi connectivity index (χ1) is 9.09. The Labute approximate surface area is 123 Å². The number of rotatable bonds is 2. The average molecular weight is 303 g/mol. The molecule has 2 amide bonds. The average Bonchev–Trinajstić information content (AvgIpc) is 2.47. The van der Waals surface area contributed by atoms with Gasteiger partial charge in [-0.1, -0.05) is 12.2 Å². The summed E-state index contributed by atoms with van der Waals surface area (Å²) in [5.74, 6) is 0. The van der Waals surface area contributed by atoms with Gasteiger partial charge in [-0.3, -0.25) is 0 Å². The summed E-state index contributed by atoms with van der Waals surface area (Å²) in [7, 11) is 0. The van der Waals surface area contributed by atoms with Crippen LogP contribution in [0.3, 0.4) is 0 Å². The van der Waals surface area contributed by atoms with Gasteiger partial charge in [0.15, 0.2) is 0 Å². The number of morpholine rings is 1. The van der Waals surface area contributed by atoms with E-state index in [1.54, 1.807) is 11.8 Å². The smallest absolute Gasteiger partial charge is 0.320 e. The summed E-state index contributed by atoms with van der Waals surface area (Å²) in [4.78, 5) is 16.7. The fourth-order valence-electron chi connectivity index (χ4n) is 2.56. The minimum Gasteiger partial charge on any atom is -0.392 e. The second-order valence-electron chi connectivity index (χ2n) is 4.93. The van der Waals surface area contributed by atoms with Crippen LogP contribution in [0.5, 0.6) is 0 Å². The molecule has 0 aromatic heterocycles. The number of piperidine rings is 1. The van der Waals surface area contributed by atoms with E-state index in [1.165, 1.54) is 0 Å². The van der Waals surface area contributed by atoms with E-state index < -0.39 is 0 Å². The Hall–Kier alpha value is -0.530. The number of carbonyl (C=O) groups excluding carboxylic acids is 1. The maximum Gasteiger partial charge on any atom is 0.320 e. The maximum absolute atomic E-state index is 12.3. The third-order valence-corrected chi connectivity index (χ3v) is 5.89. The van der Waals surface area contributed by atoms with Crippen LogP contribution < -0.4 is 5.73 Å². The molecule has 2 fully saturated rings. The molecule has 5 nitrogen and oxygen atoms in total. The third kappa shape index (κ3) is 3.14. The highest BCUT2D eigenvalue weighted by Crippen LogP contribution is 2.35. The van der Waals surface area contributed by atoms with Crippen molar-refractivity contribution in [1.29, 1.82) is 0 Å². The predicted octanol–water partition coefficient (Wildman–Crippen LogP) is 0.922. The highest BCUT2D eigenvalue weighted by atomic mass is 32.2. The largest absolute Gasteiger partial charge is 0.392 e. The second-order valence-corrected chi connectivity index (χ2v) is 6.56. The highest BCUT2D eigenvalue weighted by Gasteiger charge is 2.38. The number of ether oxygens (including phenoxy) is 1. The summed E-state index contributed by atoms with van der Waals surface area (Å²) in [6.07, 6.45) is 3.73. The van der Waals surface area contributed by atoms with Gasteiger partial charge in [-0.2, -0.15) is 11.8 Å². The van der Waals surface area contributed by atoms with Gasteiger partial charge in [0.25, 0.3) is 0 Å². The molecule has 2 rings (SSSR count). The molecular weight excluding hydrogens is 282 g/mol. The van der Waals surface area contributed by atoms with E-state index in [4.69, 9.17) is 22.7 Å². The van der Waals surface area contributed by atoms with Crippen LogP contribution >= 0.6 is 24.0 Å². The Balaban J connectivity index is 1.92. The molecule has 0 bridgehead atoms. The number of hydrogen-bond acceptors (Lipinski definition) is 4. The lowest BCUT2D eigenvalue weighted by atomic mass is 9.96. The Morgan fingerprint density at radius 2 is 1.74 bits per heavy atom. The van der Waals surface area contributed by atoms with Crippen LogP contribution in [0.2, 0.25) is 0 Å². The molecule has 2 aliphatic heterocycles. The molecule has 0 spiro atoms. The summed E-state index contributed by atoms with van der Waals surface area (Å²) in [5.41, 5.74) is 5.86. The number of hydrogen-bond donors (Lipinski definition) is 1. The molecule has 0 unspecified atom stereocenters. The molecule has 2 heterocycles. The molecule has 0 aliphatic carbocycles. The van der Waals surface area contributed by atoms with E-state index in [0.29, 0.717) is 31.3 Å². The summed E-state index contributed by atoms with van der Waals surface area (Å²) >= 11 is 6.90. The Morgan fingerprint density at radius 1 is 1.21 bits per heavy atom. The molecule has 0 saturated carbocycles. The number of thiocarbonyl (C=S) groups is 1. The molecule has 2 N–H and O–H groups in total. The van der Waals surface area contributed by atoms with E-state index in [0.717, 1.165) is 25.9 Å². The van der Waals surface area contributed by atoms with Crippen molar-refractivity contribution in [3.63, 3.8) is 0 Å². The van der Waals surface area contributed by atoms with Crippen molar-refractivity contribution in [1.82, 2.24) is 9.80 Å². The van der Waals surface area contributed by atoms with E-state index >= 15 is 0 Å². The van der Waals surface area contributed by atoms with Crippen LogP contribution in [0, 0.1) is 0 Å². The molecule has 0 aromatic rings. The summed E-state index contributed by atoms with van der Waals surface area (Å²) < 4.78 is 5.14. The number of amides is 2. The Morgan fingerprint density at radius 3 is 2.21 bits per heavy atom. The second kappa shape index (κ2) is 6.28. The monoisotopic (exact) mass is 303 g/mol. The number of likely N-dealkylation sites (tertiary alicyclic amines) is 1. The van der Waals surface area contributed by atoms with Crippen LogP contribution in [0.4, 0.5) is 4.79 Å². The number of carbonyl (C=O) groups is 1. The van der Waals surface area contributed by atoms with Crippen molar-refractivity contribution < 1.29 is 9.53 Å². The van der Waals surface area contributed by atoms with E-state index in [-0.39, 0.29) is 10.8 Å². The van der Waals surface area contributed by atoms with Crippen LogP contribution in [0.15, 0.2) is 0 Å². The van der Waals surface area contributed by atoms with E-state index in [2.05, 4.69) is 0 Å². The Kier molecular flexibility index (Phi) is 4.92. The van der Waals surface area contributed by atoms with Gasteiger partial charge in [0, 0.05) is 26.2 Å². The lowest BCUT2D eigenvalue weighted by Gasteiger charge is -2.42. The van der Waals surface area contributed by atoms with Gasteiger partial charge in [0.05, 0.1) is 22.9 Å². The SMILES string of the molecule is CSC1(C(N)=S)CCN(C(=O)N2CCOCC2)CC1. The van der Waals surface area contributed by atoms with Crippen molar-refractivity contribution in [2.75, 3.05) is 45.6 Å². The van der Waals surface area contributed by atoms with Crippen molar-refractivity contribution >= 4 is 35.0 Å². The summed E-state index contributed by atoms with van der Waals surface area (Å²) in [6.45, 7) is 4.13. The molecule has 0 atom stereocenters. The minimum absolute atomic E-state index is 0.126. The van der Waals surface area contributed by atoms with Gasteiger partial charge in [-0.05, 0) is 19.1 Å². The zero-order valence-electron chi connectivity index (χ0n) is 11.3. The molecular formula is C12H21N3O2S2. The first-order valence-electron chi connectivity index (χ1n) is 6.56. The molecule has 108 valence electrons. The molecule has 0 aromatic carbocycles. The van der Waals surface area contributed by atoms with Gasteiger partial charge in [-0.25, -0.2) is 4.79 Å². The summed E-state index contributed by atoms with van der Waals surface area (Å²) in [6, 6.07) is 0.126. The minimum atomic E-state index is -0.128. The standard InChI is InChI=1S/C12H21N3O2S2/c1-19-12(10(13)18)2-4-14(5-3-12)11(16)15-6-8-17-9-7-15/h2-9H2,1H3,(H2,13,18). The van der Waals surface area contributed by atoms with Gasteiger partial charge in [0.1, 0.15) is 0 Å².